The zero-order valence-electron chi connectivity index (χ0n) is 10.2. The van der Waals surface area contributed by atoms with Gasteiger partial charge in [0, 0.05) is 11.5 Å². The van der Waals surface area contributed by atoms with Crippen LogP contribution in [0.5, 0.6) is 5.75 Å². The highest BCUT2D eigenvalue weighted by molar-refractivity contribution is 9.10. The summed E-state index contributed by atoms with van der Waals surface area (Å²) in [6.45, 7) is 0.838. The fraction of sp³-hybridized carbons (Fsp3) is 0.571. The Morgan fingerprint density at radius 2 is 2.06 bits per heavy atom. The van der Waals surface area contributed by atoms with Crippen LogP contribution >= 0.6 is 15.9 Å². The number of halogens is 1. The van der Waals surface area contributed by atoms with Gasteiger partial charge in [-0.2, -0.15) is 0 Å². The maximum absolute atomic E-state index is 5.93. The molecule has 3 rings (SSSR count). The van der Waals surface area contributed by atoms with Gasteiger partial charge >= 0.3 is 0 Å². The summed E-state index contributed by atoms with van der Waals surface area (Å²) in [7, 11) is 2.21. The molecule has 1 atom stereocenters. The zero-order chi connectivity index (χ0) is 11.8. The number of hydrogen-bond donors (Lipinski definition) is 0. The van der Waals surface area contributed by atoms with E-state index in [0.29, 0.717) is 6.04 Å². The number of likely N-dealkylation sites (N-methyl/N-ethyl adjacent to an activating group) is 1. The Hall–Kier alpha value is -0.700. The van der Waals surface area contributed by atoms with E-state index in [-0.39, 0.29) is 0 Å². The molecule has 2 aliphatic rings. The second-order valence-corrected chi connectivity index (χ2v) is 6.06. The Morgan fingerprint density at radius 1 is 1.29 bits per heavy atom. The van der Waals surface area contributed by atoms with Gasteiger partial charge in [0.05, 0.1) is 11.7 Å². The Labute approximate surface area is 111 Å². The van der Waals surface area contributed by atoms with Crippen molar-refractivity contribution in [2.75, 3.05) is 18.6 Å². The first-order valence-electron chi connectivity index (χ1n) is 6.41. The summed E-state index contributed by atoms with van der Waals surface area (Å²) in [5.74, 6) is 1.83. The van der Waals surface area contributed by atoms with Crippen molar-refractivity contribution in [2.24, 2.45) is 5.92 Å². The van der Waals surface area contributed by atoms with Gasteiger partial charge in [-0.1, -0.05) is 28.8 Å². The molecule has 0 saturated heterocycles. The third-order valence-electron chi connectivity index (χ3n) is 4.15. The van der Waals surface area contributed by atoms with Crippen molar-refractivity contribution in [3.05, 3.63) is 22.7 Å². The number of rotatable bonds is 1. The topological polar surface area (TPSA) is 12.5 Å². The molecule has 0 amide bonds. The average Bonchev–Trinajstić information content (AvgIpc) is 2.82. The van der Waals surface area contributed by atoms with Crippen molar-refractivity contribution < 1.29 is 4.74 Å². The average molecular weight is 296 g/mol. The number of ether oxygens (including phenoxy) is 1. The standard InChI is InChI=1S/C14H18BrNO/c1-16-12-7-6-11(15)8-14(12)17-9-13(16)10-4-2-3-5-10/h6-8,10,13H,2-5,9H2,1H3. The second kappa shape index (κ2) is 4.52. The molecular weight excluding hydrogens is 278 g/mol. The lowest BCUT2D eigenvalue weighted by atomic mass is 9.96. The van der Waals surface area contributed by atoms with Crippen molar-refractivity contribution >= 4 is 21.6 Å². The van der Waals surface area contributed by atoms with Crippen molar-refractivity contribution in [1.82, 2.24) is 0 Å². The molecule has 92 valence electrons. The first-order valence-corrected chi connectivity index (χ1v) is 7.20. The van der Waals surface area contributed by atoms with Crippen LogP contribution in [0.3, 0.4) is 0 Å². The number of fused-ring (bicyclic) bond motifs is 1. The summed E-state index contributed by atoms with van der Waals surface area (Å²) >= 11 is 3.49. The largest absolute Gasteiger partial charge is 0.489 e. The molecule has 0 spiro atoms. The van der Waals surface area contributed by atoms with Crippen LogP contribution in [0, 0.1) is 5.92 Å². The van der Waals surface area contributed by atoms with E-state index in [1.807, 2.05) is 0 Å². The van der Waals surface area contributed by atoms with E-state index >= 15 is 0 Å². The summed E-state index contributed by atoms with van der Waals surface area (Å²) in [5.41, 5.74) is 1.23. The molecule has 0 radical (unpaired) electrons. The lowest BCUT2D eigenvalue weighted by Crippen LogP contribution is -2.44. The lowest BCUT2D eigenvalue weighted by Gasteiger charge is -2.39. The van der Waals surface area contributed by atoms with Crippen molar-refractivity contribution in [2.45, 2.75) is 31.7 Å². The van der Waals surface area contributed by atoms with E-state index in [1.54, 1.807) is 0 Å². The fourth-order valence-corrected chi connectivity index (χ4v) is 3.50. The van der Waals surface area contributed by atoms with Gasteiger partial charge in [-0.25, -0.2) is 0 Å². The maximum Gasteiger partial charge on any atom is 0.143 e. The van der Waals surface area contributed by atoms with Gasteiger partial charge in [0.2, 0.25) is 0 Å². The van der Waals surface area contributed by atoms with Gasteiger partial charge in [0.25, 0.3) is 0 Å². The Bertz CT molecular complexity index is 415. The predicted octanol–water partition coefficient (Wildman–Crippen LogP) is 3.84. The van der Waals surface area contributed by atoms with Crippen LogP contribution in [0.15, 0.2) is 22.7 Å². The van der Waals surface area contributed by atoms with Crippen LogP contribution in [0.1, 0.15) is 25.7 Å². The molecule has 17 heavy (non-hydrogen) atoms. The maximum atomic E-state index is 5.93. The summed E-state index contributed by atoms with van der Waals surface area (Å²) in [6.07, 6.45) is 5.51. The molecule has 0 aromatic heterocycles. The summed E-state index contributed by atoms with van der Waals surface area (Å²) in [6, 6.07) is 6.87. The normalized spacial score (nSPS) is 24.6. The van der Waals surface area contributed by atoms with E-state index < -0.39 is 0 Å². The molecule has 1 fully saturated rings. The van der Waals surface area contributed by atoms with Gasteiger partial charge in [0.1, 0.15) is 12.4 Å². The Kier molecular flexibility index (Phi) is 3.03. The van der Waals surface area contributed by atoms with Crippen LogP contribution in [-0.2, 0) is 0 Å². The lowest BCUT2D eigenvalue weighted by molar-refractivity contribution is 0.225. The van der Waals surface area contributed by atoms with Gasteiger partial charge < -0.3 is 9.64 Å². The molecule has 3 heteroatoms. The molecule has 1 aliphatic heterocycles. The van der Waals surface area contributed by atoms with Gasteiger partial charge in [-0.15, -0.1) is 0 Å². The summed E-state index contributed by atoms with van der Waals surface area (Å²) in [4.78, 5) is 2.42. The first kappa shape index (κ1) is 11.4. The van der Waals surface area contributed by atoms with E-state index in [0.717, 1.165) is 22.7 Å². The monoisotopic (exact) mass is 295 g/mol. The first-order chi connectivity index (χ1) is 8.25. The Morgan fingerprint density at radius 3 is 2.82 bits per heavy atom. The molecule has 1 aromatic rings. The summed E-state index contributed by atoms with van der Waals surface area (Å²) in [5, 5.41) is 0. The minimum atomic E-state index is 0.561. The highest BCUT2D eigenvalue weighted by atomic mass is 79.9. The van der Waals surface area contributed by atoms with Crippen molar-refractivity contribution in [1.29, 1.82) is 0 Å². The van der Waals surface area contributed by atoms with Gasteiger partial charge in [-0.05, 0) is 37.0 Å². The van der Waals surface area contributed by atoms with E-state index in [2.05, 4.69) is 46.1 Å². The minimum Gasteiger partial charge on any atom is -0.489 e. The second-order valence-electron chi connectivity index (χ2n) is 5.15. The number of benzene rings is 1. The zero-order valence-corrected chi connectivity index (χ0v) is 11.7. The van der Waals surface area contributed by atoms with Crippen molar-refractivity contribution in [3.8, 4) is 5.75 Å². The highest BCUT2D eigenvalue weighted by Crippen LogP contribution is 2.39. The van der Waals surface area contributed by atoms with E-state index in [4.69, 9.17) is 4.74 Å². The predicted molar refractivity (Wildman–Crippen MR) is 73.8 cm³/mol. The third kappa shape index (κ3) is 2.05. The molecule has 2 nitrogen and oxygen atoms in total. The number of anilines is 1. The van der Waals surface area contributed by atoms with Crippen molar-refractivity contribution in [3.63, 3.8) is 0 Å². The minimum absolute atomic E-state index is 0.561. The molecule has 1 unspecified atom stereocenters. The van der Waals surface area contributed by atoms with Crippen LogP contribution in [0.2, 0.25) is 0 Å². The smallest absolute Gasteiger partial charge is 0.143 e. The molecular formula is C14H18BrNO. The molecule has 1 saturated carbocycles. The van der Waals surface area contributed by atoms with Crippen LogP contribution in [-0.4, -0.2) is 19.7 Å². The van der Waals surface area contributed by atoms with Crippen LogP contribution < -0.4 is 9.64 Å². The molecule has 0 bridgehead atoms. The SMILES string of the molecule is CN1c2ccc(Br)cc2OCC1C1CCCC1. The molecule has 1 aliphatic carbocycles. The van der Waals surface area contributed by atoms with Crippen LogP contribution in [0.4, 0.5) is 5.69 Å². The third-order valence-corrected chi connectivity index (χ3v) is 4.65. The summed E-state index contributed by atoms with van der Waals surface area (Å²) < 4.78 is 7.02. The van der Waals surface area contributed by atoms with E-state index in [1.165, 1.54) is 31.4 Å². The quantitative estimate of drug-likeness (QED) is 0.781. The fourth-order valence-electron chi connectivity index (χ4n) is 3.16. The number of hydrogen-bond acceptors (Lipinski definition) is 2. The van der Waals surface area contributed by atoms with Gasteiger partial charge in [0.15, 0.2) is 0 Å². The van der Waals surface area contributed by atoms with Crippen LogP contribution in [0.25, 0.3) is 0 Å². The number of nitrogens with zero attached hydrogens (tertiary/aromatic N) is 1. The molecule has 1 heterocycles. The molecule has 1 aromatic carbocycles. The van der Waals surface area contributed by atoms with E-state index in [9.17, 15) is 0 Å². The Balaban J connectivity index is 1.86. The highest BCUT2D eigenvalue weighted by Gasteiger charge is 2.32. The van der Waals surface area contributed by atoms with Gasteiger partial charge in [-0.3, -0.25) is 0 Å². The molecule has 0 N–H and O–H groups in total.